The van der Waals surface area contributed by atoms with Crippen LogP contribution in [0.5, 0.6) is 5.75 Å². The van der Waals surface area contributed by atoms with Crippen molar-refractivity contribution in [2.45, 2.75) is 32.4 Å². The summed E-state index contributed by atoms with van der Waals surface area (Å²) in [6.45, 7) is 2.16. The van der Waals surface area contributed by atoms with E-state index < -0.39 is 23.3 Å². The third-order valence-corrected chi connectivity index (χ3v) is 2.45. The predicted octanol–water partition coefficient (Wildman–Crippen LogP) is 4.14. The van der Waals surface area contributed by atoms with Crippen molar-refractivity contribution >= 4 is 5.78 Å². The van der Waals surface area contributed by atoms with E-state index in [-0.39, 0.29) is 12.4 Å². The van der Waals surface area contributed by atoms with E-state index in [1.165, 1.54) is 0 Å². The molecule has 0 aromatic heterocycles. The van der Waals surface area contributed by atoms with E-state index in [1.54, 1.807) is 0 Å². The van der Waals surface area contributed by atoms with Crippen LogP contribution < -0.4 is 4.74 Å². The fourth-order valence-corrected chi connectivity index (χ4v) is 1.49. The number of halogens is 4. The number of carbonyl (C=O) groups excluding carboxylic acids is 1. The molecule has 106 valence electrons. The standard InChI is InChI=1S/C13H14F4O2/c1-2-3-4-7-19-11-6-5-9(14)8-10(11)12(18)13(15,16)17/h5-6,8H,2-4,7H2,1H3. The summed E-state index contributed by atoms with van der Waals surface area (Å²) in [7, 11) is 0. The molecule has 1 aromatic carbocycles. The van der Waals surface area contributed by atoms with Crippen LogP contribution in [-0.2, 0) is 0 Å². The van der Waals surface area contributed by atoms with Crippen LogP contribution in [0, 0.1) is 5.82 Å². The normalized spacial score (nSPS) is 11.4. The van der Waals surface area contributed by atoms with Crippen molar-refractivity contribution in [1.29, 1.82) is 0 Å². The quantitative estimate of drug-likeness (QED) is 0.444. The highest BCUT2D eigenvalue weighted by atomic mass is 19.4. The maximum Gasteiger partial charge on any atom is 0.455 e. The first kappa shape index (κ1) is 15.5. The lowest BCUT2D eigenvalue weighted by molar-refractivity contribution is -0.0886. The van der Waals surface area contributed by atoms with Crippen LogP contribution in [0.15, 0.2) is 18.2 Å². The Kier molecular flexibility index (Phi) is 5.32. The predicted molar refractivity (Wildman–Crippen MR) is 61.8 cm³/mol. The number of ether oxygens (including phenoxy) is 1. The van der Waals surface area contributed by atoms with Crippen molar-refractivity contribution in [3.05, 3.63) is 29.6 Å². The third kappa shape index (κ3) is 4.54. The number of hydrogen-bond donors (Lipinski definition) is 0. The van der Waals surface area contributed by atoms with Gasteiger partial charge < -0.3 is 4.74 Å². The average Bonchev–Trinajstić information content (AvgIpc) is 2.34. The molecule has 0 radical (unpaired) electrons. The lowest BCUT2D eigenvalue weighted by Crippen LogP contribution is -2.23. The Labute approximate surface area is 108 Å². The molecule has 19 heavy (non-hydrogen) atoms. The Balaban J connectivity index is 2.89. The number of rotatable bonds is 6. The fourth-order valence-electron chi connectivity index (χ4n) is 1.49. The topological polar surface area (TPSA) is 26.3 Å². The minimum Gasteiger partial charge on any atom is -0.493 e. The molecule has 1 rings (SSSR count). The smallest absolute Gasteiger partial charge is 0.455 e. The molecular formula is C13H14F4O2. The Bertz CT molecular complexity index is 441. The molecule has 0 saturated carbocycles. The van der Waals surface area contributed by atoms with Gasteiger partial charge in [-0.15, -0.1) is 0 Å². The van der Waals surface area contributed by atoms with Gasteiger partial charge in [0.05, 0.1) is 12.2 Å². The molecule has 0 aliphatic rings. The molecule has 6 heteroatoms. The highest BCUT2D eigenvalue weighted by molar-refractivity contribution is 6.02. The summed E-state index contributed by atoms with van der Waals surface area (Å²) < 4.78 is 55.2. The van der Waals surface area contributed by atoms with E-state index >= 15 is 0 Å². The van der Waals surface area contributed by atoms with Gasteiger partial charge in [0.2, 0.25) is 0 Å². The van der Waals surface area contributed by atoms with Gasteiger partial charge in [0.25, 0.3) is 5.78 Å². The van der Waals surface area contributed by atoms with Gasteiger partial charge in [-0.05, 0) is 24.6 Å². The average molecular weight is 278 g/mol. The summed E-state index contributed by atoms with van der Waals surface area (Å²) >= 11 is 0. The van der Waals surface area contributed by atoms with E-state index in [2.05, 4.69) is 0 Å². The summed E-state index contributed by atoms with van der Waals surface area (Å²) in [6.07, 6.45) is -2.59. The number of benzene rings is 1. The number of hydrogen-bond acceptors (Lipinski definition) is 2. The van der Waals surface area contributed by atoms with Gasteiger partial charge >= 0.3 is 6.18 Å². The van der Waals surface area contributed by atoms with Crippen molar-refractivity contribution in [2.75, 3.05) is 6.61 Å². The van der Waals surface area contributed by atoms with E-state index in [1.807, 2.05) is 6.92 Å². The van der Waals surface area contributed by atoms with Crippen molar-refractivity contribution in [3.8, 4) is 5.75 Å². The molecule has 0 aliphatic heterocycles. The summed E-state index contributed by atoms with van der Waals surface area (Å²) in [5, 5.41) is 0. The van der Waals surface area contributed by atoms with Crippen molar-refractivity contribution < 1.29 is 27.1 Å². The van der Waals surface area contributed by atoms with Crippen molar-refractivity contribution in [3.63, 3.8) is 0 Å². The van der Waals surface area contributed by atoms with Crippen LogP contribution in [-0.4, -0.2) is 18.6 Å². The van der Waals surface area contributed by atoms with E-state index in [0.29, 0.717) is 12.5 Å². The van der Waals surface area contributed by atoms with Crippen molar-refractivity contribution in [1.82, 2.24) is 0 Å². The van der Waals surface area contributed by atoms with Gasteiger partial charge in [0, 0.05) is 0 Å². The van der Waals surface area contributed by atoms with Crippen LogP contribution in [0.4, 0.5) is 17.6 Å². The van der Waals surface area contributed by atoms with E-state index in [9.17, 15) is 22.4 Å². The first-order valence-electron chi connectivity index (χ1n) is 5.90. The maximum atomic E-state index is 13.0. The van der Waals surface area contributed by atoms with Crippen LogP contribution in [0.25, 0.3) is 0 Å². The summed E-state index contributed by atoms with van der Waals surface area (Å²) in [5.74, 6) is -3.24. The van der Waals surface area contributed by atoms with Crippen LogP contribution in [0.2, 0.25) is 0 Å². The largest absolute Gasteiger partial charge is 0.493 e. The zero-order valence-electron chi connectivity index (χ0n) is 10.4. The van der Waals surface area contributed by atoms with E-state index in [0.717, 1.165) is 25.0 Å². The van der Waals surface area contributed by atoms with Gasteiger partial charge in [0.1, 0.15) is 11.6 Å². The maximum absolute atomic E-state index is 13.0. The lowest BCUT2D eigenvalue weighted by atomic mass is 10.1. The van der Waals surface area contributed by atoms with Crippen LogP contribution in [0.1, 0.15) is 36.5 Å². The number of carbonyl (C=O) groups is 1. The number of Topliss-reactive ketones (excluding diaryl/α,β-unsaturated/α-hetero) is 1. The van der Waals surface area contributed by atoms with Crippen LogP contribution >= 0.6 is 0 Å². The number of unbranched alkanes of at least 4 members (excludes halogenated alkanes) is 2. The molecule has 2 nitrogen and oxygen atoms in total. The zero-order valence-corrected chi connectivity index (χ0v) is 10.4. The molecule has 0 unspecified atom stereocenters. The Hall–Kier alpha value is -1.59. The molecule has 0 spiro atoms. The fraction of sp³-hybridized carbons (Fsp3) is 0.462. The van der Waals surface area contributed by atoms with Gasteiger partial charge in [-0.3, -0.25) is 4.79 Å². The molecule has 0 fully saturated rings. The monoisotopic (exact) mass is 278 g/mol. The van der Waals surface area contributed by atoms with E-state index in [4.69, 9.17) is 4.74 Å². The lowest BCUT2D eigenvalue weighted by Gasteiger charge is -2.12. The minimum absolute atomic E-state index is 0.192. The third-order valence-electron chi connectivity index (χ3n) is 2.45. The summed E-state index contributed by atoms with van der Waals surface area (Å²) in [5.41, 5.74) is -0.788. The molecule has 1 aromatic rings. The molecular weight excluding hydrogens is 264 g/mol. The number of alkyl halides is 3. The van der Waals surface area contributed by atoms with Gasteiger partial charge in [-0.2, -0.15) is 13.2 Å². The second-order valence-corrected chi connectivity index (χ2v) is 4.02. The van der Waals surface area contributed by atoms with Gasteiger partial charge in [-0.1, -0.05) is 19.8 Å². The Morgan fingerprint density at radius 2 is 1.95 bits per heavy atom. The Morgan fingerprint density at radius 1 is 1.26 bits per heavy atom. The molecule has 0 atom stereocenters. The molecule has 0 saturated heterocycles. The first-order valence-corrected chi connectivity index (χ1v) is 5.90. The summed E-state index contributed by atoms with van der Waals surface area (Å²) in [6, 6.07) is 2.55. The molecule has 0 N–H and O–H groups in total. The van der Waals surface area contributed by atoms with Gasteiger partial charge in [0.15, 0.2) is 0 Å². The molecule has 0 bridgehead atoms. The molecule has 0 amide bonds. The Morgan fingerprint density at radius 3 is 2.53 bits per heavy atom. The highest BCUT2D eigenvalue weighted by Crippen LogP contribution is 2.28. The SMILES string of the molecule is CCCCCOc1ccc(F)cc1C(=O)C(F)(F)F. The van der Waals surface area contributed by atoms with Crippen molar-refractivity contribution in [2.24, 2.45) is 0 Å². The first-order chi connectivity index (χ1) is 8.86. The molecule has 0 heterocycles. The number of ketones is 1. The second-order valence-electron chi connectivity index (χ2n) is 4.02. The minimum atomic E-state index is -5.05. The molecule has 0 aliphatic carbocycles. The highest BCUT2D eigenvalue weighted by Gasteiger charge is 2.41. The van der Waals surface area contributed by atoms with Crippen LogP contribution in [0.3, 0.4) is 0 Å². The van der Waals surface area contributed by atoms with Gasteiger partial charge in [-0.25, -0.2) is 4.39 Å². The zero-order chi connectivity index (χ0) is 14.5. The second kappa shape index (κ2) is 6.54. The summed E-state index contributed by atoms with van der Waals surface area (Å²) in [4.78, 5) is 11.2.